The maximum atomic E-state index is 12.4. The van der Waals surface area contributed by atoms with Crippen LogP contribution >= 0.6 is 11.8 Å². The molecule has 7 heteroatoms. The van der Waals surface area contributed by atoms with Crippen LogP contribution in [0.5, 0.6) is 0 Å². The number of thioether (sulfide) groups is 1. The molecule has 6 nitrogen and oxygen atoms in total. The van der Waals surface area contributed by atoms with E-state index in [-0.39, 0.29) is 11.2 Å². The van der Waals surface area contributed by atoms with Gasteiger partial charge in [-0.2, -0.15) is 4.68 Å². The fraction of sp³-hybridized carbons (Fsp3) is 0.474. The molecule has 0 saturated carbocycles. The maximum absolute atomic E-state index is 12.4. The first-order valence-electron chi connectivity index (χ1n) is 9.11. The summed E-state index contributed by atoms with van der Waals surface area (Å²) in [6, 6.07) is 7.97. The Balaban J connectivity index is 1.54. The standard InChI is InChI=1S/C19H25N5OS/c1-14-7-6-10-17(13-14)24-19(21-22-23-24)26-15(2)18(25)20-12-11-16-8-4-3-5-9-16/h6-8,10,13,15H,3-5,9,11-12H2,1-2H3,(H,20,25)/t15-/m0/s1. The molecule has 0 spiro atoms. The van der Waals surface area contributed by atoms with Crippen LogP contribution in [0.4, 0.5) is 0 Å². The van der Waals surface area contributed by atoms with Crippen LogP contribution in [0.15, 0.2) is 41.1 Å². The number of carbonyl (C=O) groups excluding carboxylic acids is 1. The lowest BCUT2D eigenvalue weighted by atomic mass is 9.97. The van der Waals surface area contributed by atoms with Crippen molar-refractivity contribution in [1.82, 2.24) is 25.5 Å². The fourth-order valence-electron chi connectivity index (χ4n) is 3.01. The summed E-state index contributed by atoms with van der Waals surface area (Å²) in [5.74, 6) is 0.0187. The minimum absolute atomic E-state index is 0.0187. The number of amides is 1. The predicted octanol–water partition coefficient (Wildman–Crippen LogP) is 3.46. The Morgan fingerprint density at radius 1 is 1.38 bits per heavy atom. The highest BCUT2D eigenvalue weighted by molar-refractivity contribution is 8.00. The lowest BCUT2D eigenvalue weighted by Crippen LogP contribution is -2.32. The molecular formula is C19H25N5OS. The SMILES string of the molecule is Cc1cccc(-n2nnnc2S[C@@H](C)C(=O)NCCC2=CCCCC2)c1. The summed E-state index contributed by atoms with van der Waals surface area (Å²) in [5, 5.41) is 15.3. The second-order valence-electron chi connectivity index (χ2n) is 6.62. The van der Waals surface area contributed by atoms with Crippen LogP contribution < -0.4 is 5.32 Å². The minimum atomic E-state index is -0.259. The van der Waals surface area contributed by atoms with Gasteiger partial charge in [0.05, 0.1) is 10.9 Å². The second kappa shape index (κ2) is 8.98. The molecule has 1 heterocycles. The number of carbonyl (C=O) groups is 1. The van der Waals surface area contributed by atoms with E-state index >= 15 is 0 Å². The van der Waals surface area contributed by atoms with Gasteiger partial charge < -0.3 is 5.32 Å². The van der Waals surface area contributed by atoms with Gasteiger partial charge in [-0.1, -0.05) is 35.5 Å². The molecule has 2 aromatic rings. The normalized spacial score (nSPS) is 15.4. The summed E-state index contributed by atoms with van der Waals surface area (Å²) >= 11 is 1.37. The molecule has 3 rings (SSSR count). The van der Waals surface area contributed by atoms with E-state index in [1.807, 2.05) is 38.1 Å². The summed E-state index contributed by atoms with van der Waals surface area (Å²) in [7, 11) is 0. The lowest BCUT2D eigenvalue weighted by Gasteiger charge is -2.14. The van der Waals surface area contributed by atoms with Gasteiger partial charge in [-0.25, -0.2) is 0 Å². The number of allylic oxidation sites excluding steroid dienone is 1. The first-order chi connectivity index (χ1) is 12.6. The van der Waals surface area contributed by atoms with Crippen LogP contribution in [-0.4, -0.2) is 37.9 Å². The van der Waals surface area contributed by atoms with Crippen molar-refractivity contribution >= 4 is 17.7 Å². The molecule has 1 aliphatic rings. The second-order valence-corrected chi connectivity index (χ2v) is 7.93. The van der Waals surface area contributed by atoms with E-state index in [0.29, 0.717) is 11.7 Å². The zero-order valence-corrected chi connectivity index (χ0v) is 16.1. The maximum Gasteiger partial charge on any atom is 0.233 e. The number of hydrogen-bond donors (Lipinski definition) is 1. The Labute approximate surface area is 158 Å². The number of benzene rings is 1. The summed E-state index contributed by atoms with van der Waals surface area (Å²) in [6.45, 7) is 4.60. The molecule has 1 atom stereocenters. The molecule has 138 valence electrons. The number of rotatable bonds is 7. The Morgan fingerprint density at radius 2 is 2.27 bits per heavy atom. The Hall–Kier alpha value is -2.15. The smallest absolute Gasteiger partial charge is 0.233 e. The molecule has 0 bridgehead atoms. The topological polar surface area (TPSA) is 72.7 Å². The molecule has 0 aliphatic heterocycles. The summed E-state index contributed by atoms with van der Waals surface area (Å²) in [6.07, 6.45) is 8.18. The van der Waals surface area contributed by atoms with Gasteiger partial charge in [0.2, 0.25) is 11.1 Å². The van der Waals surface area contributed by atoms with E-state index in [2.05, 4.69) is 26.9 Å². The van der Waals surface area contributed by atoms with Crippen molar-refractivity contribution in [2.45, 2.75) is 56.4 Å². The first kappa shape index (κ1) is 18.6. The average molecular weight is 372 g/mol. The molecule has 0 radical (unpaired) electrons. The van der Waals surface area contributed by atoms with E-state index in [1.54, 1.807) is 4.68 Å². The Bertz CT molecular complexity index is 786. The largest absolute Gasteiger partial charge is 0.355 e. The molecule has 1 amide bonds. The van der Waals surface area contributed by atoms with Crippen molar-refractivity contribution in [2.24, 2.45) is 0 Å². The van der Waals surface area contributed by atoms with Crippen LogP contribution in [0, 0.1) is 6.92 Å². The zero-order valence-electron chi connectivity index (χ0n) is 15.3. The third kappa shape index (κ3) is 4.94. The van der Waals surface area contributed by atoms with Gasteiger partial charge >= 0.3 is 0 Å². The lowest BCUT2D eigenvalue weighted by molar-refractivity contribution is -0.120. The van der Waals surface area contributed by atoms with Crippen molar-refractivity contribution in [2.75, 3.05) is 6.54 Å². The zero-order chi connectivity index (χ0) is 18.4. The van der Waals surface area contributed by atoms with Crippen molar-refractivity contribution < 1.29 is 4.79 Å². The van der Waals surface area contributed by atoms with E-state index < -0.39 is 0 Å². The quantitative estimate of drug-likeness (QED) is 0.596. The molecule has 1 N–H and O–H groups in total. The van der Waals surface area contributed by atoms with Gasteiger partial charge in [0.1, 0.15) is 0 Å². The molecular weight excluding hydrogens is 346 g/mol. The molecule has 0 saturated heterocycles. The molecule has 26 heavy (non-hydrogen) atoms. The van der Waals surface area contributed by atoms with Crippen molar-refractivity contribution in [3.8, 4) is 5.69 Å². The van der Waals surface area contributed by atoms with Crippen LogP contribution in [-0.2, 0) is 4.79 Å². The number of nitrogens with one attached hydrogen (secondary N) is 1. The Morgan fingerprint density at radius 3 is 3.04 bits per heavy atom. The van der Waals surface area contributed by atoms with E-state index in [9.17, 15) is 4.79 Å². The number of aromatic nitrogens is 4. The molecule has 1 aromatic carbocycles. The summed E-state index contributed by atoms with van der Waals surface area (Å²) < 4.78 is 1.67. The number of tetrazole rings is 1. The van der Waals surface area contributed by atoms with E-state index in [0.717, 1.165) is 17.7 Å². The van der Waals surface area contributed by atoms with Crippen molar-refractivity contribution in [3.05, 3.63) is 41.5 Å². The summed E-state index contributed by atoms with van der Waals surface area (Å²) in [4.78, 5) is 12.4. The van der Waals surface area contributed by atoms with Gasteiger partial charge in [-0.3, -0.25) is 4.79 Å². The minimum Gasteiger partial charge on any atom is -0.355 e. The van der Waals surface area contributed by atoms with Crippen LogP contribution in [0.25, 0.3) is 5.69 Å². The molecule has 1 aliphatic carbocycles. The van der Waals surface area contributed by atoms with Gasteiger partial charge in [0.15, 0.2) is 0 Å². The van der Waals surface area contributed by atoms with E-state index in [1.165, 1.54) is 43.0 Å². The first-order valence-corrected chi connectivity index (χ1v) is 9.99. The molecule has 0 fully saturated rings. The van der Waals surface area contributed by atoms with Gasteiger partial charge in [-0.05, 0) is 74.1 Å². The summed E-state index contributed by atoms with van der Waals surface area (Å²) in [5.41, 5.74) is 3.51. The van der Waals surface area contributed by atoms with Gasteiger partial charge in [0, 0.05) is 6.54 Å². The van der Waals surface area contributed by atoms with Crippen molar-refractivity contribution in [1.29, 1.82) is 0 Å². The third-order valence-corrected chi connectivity index (χ3v) is 5.50. The van der Waals surface area contributed by atoms with Gasteiger partial charge in [0.25, 0.3) is 0 Å². The van der Waals surface area contributed by atoms with E-state index in [4.69, 9.17) is 0 Å². The highest BCUT2D eigenvalue weighted by atomic mass is 32.2. The van der Waals surface area contributed by atoms with Crippen molar-refractivity contribution in [3.63, 3.8) is 0 Å². The fourth-order valence-corrected chi connectivity index (χ4v) is 3.84. The molecule has 0 unspecified atom stereocenters. The average Bonchev–Trinajstić information content (AvgIpc) is 3.10. The number of aryl methyl sites for hydroxylation is 1. The number of nitrogens with zero attached hydrogens (tertiary/aromatic N) is 4. The van der Waals surface area contributed by atoms with Crippen LogP contribution in [0.2, 0.25) is 0 Å². The number of hydrogen-bond acceptors (Lipinski definition) is 5. The Kier molecular flexibility index (Phi) is 6.44. The highest BCUT2D eigenvalue weighted by Crippen LogP contribution is 2.23. The van der Waals surface area contributed by atoms with Gasteiger partial charge in [-0.15, -0.1) is 5.10 Å². The van der Waals surface area contributed by atoms with Crippen LogP contribution in [0.1, 0.15) is 44.6 Å². The highest BCUT2D eigenvalue weighted by Gasteiger charge is 2.19. The molecule has 1 aromatic heterocycles. The third-order valence-electron chi connectivity index (χ3n) is 4.47. The monoisotopic (exact) mass is 371 g/mol. The predicted molar refractivity (Wildman–Crippen MR) is 103 cm³/mol. The van der Waals surface area contributed by atoms with Crippen LogP contribution in [0.3, 0.4) is 0 Å².